The third-order valence-corrected chi connectivity index (χ3v) is 5.88. The quantitative estimate of drug-likeness (QED) is 0.614. The molecular formula is C23H25BrN4O2. The van der Waals surface area contributed by atoms with Gasteiger partial charge in [0.2, 0.25) is 0 Å². The lowest BCUT2D eigenvalue weighted by Gasteiger charge is -2.28. The number of benzene rings is 2. The summed E-state index contributed by atoms with van der Waals surface area (Å²) in [6.45, 7) is 7.63. The summed E-state index contributed by atoms with van der Waals surface area (Å²) in [5, 5.41) is 7.61. The summed E-state index contributed by atoms with van der Waals surface area (Å²) in [5.41, 5.74) is 5.36. The number of morpholine rings is 1. The summed E-state index contributed by atoms with van der Waals surface area (Å²) in [4.78, 5) is 15.2. The molecule has 1 aliphatic rings. The molecule has 4 rings (SSSR count). The first-order valence-corrected chi connectivity index (χ1v) is 10.8. The van der Waals surface area contributed by atoms with Crippen molar-refractivity contribution >= 4 is 27.5 Å². The van der Waals surface area contributed by atoms with E-state index in [9.17, 15) is 4.79 Å². The summed E-state index contributed by atoms with van der Waals surface area (Å²) in [6, 6.07) is 16.2. The monoisotopic (exact) mass is 468 g/mol. The van der Waals surface area contributed by atoms with Crippen LogP contribution in [0.4, 0.5) is 5.69 Å². The number of carbonyl (C=O) groups is 1. The van der Waals surface area contributed by atoms with Gasteiger partial charge in [-0.2, -0.15) is 5.10 Å². The van der Waals surface area contributed by atoms with Crippen molar-refractivity contribution in [3.05, 3.63) is 75.5 Å². The van der Waals surface area contributed by atoms with Gasteiger partial charge in [-0.05, 0) is 55.8 Å². The van der Waals surface area contributed by atoms with Crippen LogP contribution in [0.15, 0.2) is 53.0 Å². The first kappa shape index (κ1) is 20.6. The van der Waals surface area contributed by atoms with Crippen LogP contribution in [0.3, 0.4) is 0 Å². The molecule has 156 valence electrons. The molecule has 30 heavy (non-hydrogen) atoms. The molecule has 1 N–H and O–H groups in total. The van der Waals surface area contributed by atoms with Crippen molar-refractivity contribution in [1.29, 1.82) is 0 Å². The van der Waals surface area contributed by atoms with Crippen LogP contribution in [0, 0.1) is 13.8 Å². The van der Waals surface area contributed by atoms with Crippen LogP contribution in [-0.4, -0.2) is 42.0 Å². The lowest BCUT2D eigenvalue weighted by Crippen LogP contribution is -2.36. The number of halogens is 1. The molecule has 1 saturated heterocycles. The number of aryl methyl sites for hydroxylation is 1. The van der Waals surface area contributed by atoms with E-state index in [0.29, 0.717) is 12.1 Å². The zero-order chi connectivity index (χ0) is 21.1. The van der Waals surface area contributed by atoms with Crippen molar-refractivity contribution in [2.24, 2.45) is 0 Å². The van der Waals surface area contributed by atoms with E-state index < -0.39 is 0 Å². The predicted octanol–water partition coefficient (Wildman–Crippen LogP) is 4.02. The molecule has 6 nitrogen and oxygen atoms in total. The summed E-state index contributed by atoms with van der Waals surface area (Å²) in [7, 11) is 0. The predicted molar refractivity (Wildman–Crippen MR) is 121 cm³/mol. The Hall–Kier alpha value is -2.64. The Morgan fingerprint density at radius 2 is 1.67 bits per heavy atom. The maximum Gasteiger partial charge on any atom is 0.255 e. The van der Waals surface area contributed by atoms with Gasteiger partial charge in [0.1, 0.15) is 0 Å². The van der Waals surface area contributed by atoms with E-state index in [4.69, 9.17) is 4.74 Å². The Kier molecular flexibility index (Phi) is 6.20. The lowest BCUT2D eigenvalue weighted by atomic mass is 10.1. The van der Waals surface area contributed by atoms with Gasteiger partial charge in [0.05, 0.1) is 35.9 Å². The minimum atomic E-state index is -0.106. The Labute approximate surface area is 185 Å². The van der Waals surface area contributed by atoms with Crippen molar-refractivity contribution in [2.75, 3.05) is 31.2 Å². The highest BCUT2D eigenvalue weighted by Crippen LogP contribution is 2.20. The summed E-state index contributed by atoms with van der Waals surface area (Å²) >= 11 is 3.45. The highest BCUT2D eigenvalue weighted by atomic mass is 79.9. The SMILES string of the molecule is Cc1nn(-c2ccc(Br)cc2)c(C)c1C(=O)NCc1ccc(N2CCOCC2)cc1. The van der Waals surface area contributed by atoms with E-state index in [2.05, 4.69) is 55.5 Å². The Morgan fingerprint density at radius 1 is 1.03 bits per heavy atom. The number of hydrogen-bond acceptors (Lipinski definition) is 4. The van der Waals surface area contributed by atoms with Crippen molar-refractivity contribution in [3.8, 4) is 5.69 Å². The van der Waals surface area contributed by atoms with Crippen LogP contribution in [-0.2, 0) is 11.3 Å². The molecule has 1 aliphatic heterocycles. The molecule has 0 radical (unpaired) electrons. The van der Waals surface area contributed by atoms with Crippen molar-refractivity contribution < 1.29 is 9.53 Å². The number of ether oxygens (including phenoxy) is 1. The lowest BCUT2D eigenvalue weighted by molar-refractivity contribution is 0.0949. The Bertz CT molecular complexity index is 1020. The van der Waals surface area contributed by atoms with Crippen LogP contribution < -0.4 is 10.2 Å². The molecule has 0 aliphatic carbocycles. The third-order valence-electron chi connectivity index (χ3n) is 5.36. The maximum atomic E-state index is 12.9. The second kappa shape index (κ2) is 9.02. The second-order valence-electron chi connectivity index (χ2n) is 7.38. The number of aromatic nitrogens is 2. The van der Waals surface area contributed by atoms with Crippen LogP contribution >= 0.6 is 15.9 Å². The number of nitrogens with one attached hydrogen (secondary N) is 1. The summed E-state index contributed by atoms with van der Waals surface area (Å²) in [5.74, 6) is -0.106. The molecule has 1 aromatic heterocycles. The number of anilines is 1. The number of carbonyl (C=O) groups excluding carboxylic acids is 1. The number of rotatable bonds is 5. The van der Waals surface area contributed by atoms with Crippen LogP contribution in [0.1, 0.15) is 27.3 Å². The fraction of sp³-hybridized carbons (Fsp3) is 0.304. The molecule has 1 fully saturated rings. The normalized spacial score (nSPS) is 14.0. The van der Waals surface area contributed by atoms with Gasteiger partial charge < -0.3 is 15.0 Å². The maximum absolute atomic E-state index is 12.9. The van der Waals surface area contributed by atoms with E-state index >= 15 is 0 Å². The van der Waals surface area contributed by atoms with Gasteiger partial charge in [-0.1, -0.05) is 28.1 Å². The van der Waals surface area contributed by atoms with Gasteiger partial charge in [-0.25, -0.2) is 4.68 Å². The Morgan fingerprint density at radius 3 is 2.33 bits per heavy atom. The van der Waals surface area contributed by atoms with E-state index in [1.54, 1.807) is 0 Å². The van der Waals surface area contributed by atoms with Crippen molar-refractivity contribution in [3.63, 3.8) is 0 Å². The minimum Gasteiger partial charge on any atom is -0.378 e. The molecule has 0 bridgehead atoms. The molecule has 0 spiro atoms. The van der Waals surface area contributed by atoms with Gasteiger partial charge in [-0.15, -0.1) is 0 Å². The summed E-state index contributed by atoms with van der Waals surface area (Å²) < 4.78 is 8.23. The van der Waals surface area contributed by atoms with E-state index in [1.165, 1.54) is 5.69 Å². The highest BCUT2D eigenvalue weighted by molar-refractivity contribution is 9.10. The first-order chi connectivity index (χ1) is 14.5. The fourth-order valence-corrected chi connectivity index (χ4v) is 3.99. The van der Waals surface area contributed by atoms with Crippen LogP contribution in [0.25, 0.3) is 5.69 Å². The zero-order valence-corrected chi connectivity index (χ0v) is 18.8. The average molecular weight is 469 g/mol. The smallest absolute Gasteiger partial charge is 0.255 e. The molecule has 0 unspecified atom stereocenters. The molecule has 7 heteroatoms. The average Bonchev–Trinajstić information content (AvgIpc) is 3.07. The van der Waals surface area contributed by atoms with Crippen molar-refractivity contribution in [2.45, 2.75) is 20.4 Å². The van der Waals surface area contributed by atoms with Gasteiger partial charge in [0.25, 0.3) is 5.91 Å². The van der Waals surface area contributed by atoms with Crippen LogP contribution in [0.2, 0.25) is 0 Å². The zero-order valence-electron chi connectivity index (χ0n) is 17.2. The summed E-state index contributed by atoms with van der Waals surface area (Å²) in [6.07, 6.45) is 0. The first-order valence-electron chi connectivity index (χ1n) is 10.0. The van der Waals surface area contributed by atoms with E-state index in [-0.39, 0.29) is 5.91 Å². The van der Waals surface area contributed by atoms with Gasteiger partial charge in [0, 0.05) is 29.8 Å². The standard InChI is InChI=1S/C23H25BrN4O2/c1-16-22(17(2)28(26-16)21-9-5-19(24)6-10-21)23(29)25-15-18-3-7-20(8-4-18)27-11-13-30-14-12-27/h3-10H,11-15H2,1-2H3,(H,25,29). The topological polar surface area (TPSA) is 59.4 Å². The Balaban J connectivity index is 1.43. The van der Waals surface area contributed by atoms with Crippen LogP contribution in [0.5, 0.6) is 0 Å². The molecule has 0 atom stereocenters. The largest absolute Gasteiger partial charge is 0.378 e. The molecule has 2 aromatic carbocycles. The fourth-order valence-electron chi connectivity index (χ4n) is 3.72. The van der Waals surface area contributed by atoms with Crippen molar-refractivity contribution in [1.82, 2.24) is 15.1 Å². The van der Waals surface area contributed by atoms with Gasteiger partial charge in [0.15, 0.2) is 0 Å². The molecule has 2 heterocycles. The molecular weight excluding hydrogens is 444 g/mol. The molecule has 1 amide bonds. The highest BCUT2D eigenvalue weighted by Gasteiger charge is 2.19. The second-order valence-corrected chi connectivity index (χ2v) is 8.30. The van der Waals surface area contributed by atoms with Gasteiger partial charge >= 0.3 is 0 Å². The number of amides is 1. The van der Waals surface area contributed by atoms with E-state index in [1.807, 2.05) is 42.8 Å². The number of hydrogen-bond donors (Lipinski definition) is 1. The third kappa shape index (κ3) is 4.42. The van der Waals surface area contributed by atoms with Gasteiger partial charge in [-0.3, -0.25) is 4.79 Å². The number of nitrogens with zero attached hydrogens (tertiary/aromatic N) is 3. The minimum absolute atomic E-state index is 0.106. The molecule has 0 saturated carbocycles. The van der Waals surface area contributed by atoms with E-state index in [0.717, 1.165) is 53.4 Å². The molecule has 3 aromatic rings.